The van der Waals surface area contributed by atoms with Gasteiger partial charge in [0.25, 0.3) is 0 Å². The molecule has 0 saturated carbocycles. The van der Waals surface area contributed by atoms with Gasteiger partial charge in [0.05, 0.1) is 26.4 Å². The minimum Gasteiger partial charge on any atom is -0.463 e. The van der Waals surface area contributed by atoms with Gasteiger partial charge in [0, 0.05) is 19.3 Å². The summed E-state index contributed by atoms with van der Waals surface area (Å²) in [6.07, 6.45) is 137. The molecule has 0 aliphatic carbocycles. The second-order valence-electron chi connectivity index (χ2n) is 33.8. The van der Waals surface area contributed by atoms with E-state index in [9.17, 15) is 43.5 Å². The number of carbonyl (C=O) groups excluding carboxylic acids is 3. The third-order valence-electron chi connectivity index (χ3n) is 21.5. The Morgan fingerprint density at radius 2 is 0.388 bits per heavy atom. The maximum Gasteiger partial charge on any atom is 0.472 e. The molecular weight excluding hydrogens is 1650 g/mol. The number of allylic oxidation sites excluding steroid dienone is 34. The third-order valence-corrected chi connectivity index (χ3v) is 23.4. The largest absolute Gasteiger partial charge is 0.472 e. The second kappa shape index (κ2) is 101. The molecule has 736 valence electrons. The lowest BCUT2D eigenvalue weighted by Gasteiger charge is -2.21. The zero-order valence-corrected chi connectivity index (χ0v) is 83.3. The molecule has 0 aromatic carbocycles. The van der Waals surface area contributed by atoms with Crippen molar-refractivity contribution < 1.29 is 75.8 Å². The second-order valence-corrected chi connectivity index (χ2v) is 36.8. The van der Waals surface area contributed by atoms with Crippen molar-refractivity contribution in [2.75, 3.05) is 39.6 Å². The number of carbonyl (C=O) groups is 3. The van der Waals surface area contributed by atoms with Gasteiger partial charge in [-0.15, -0.1) is 0 Å². The number of phosphoric ester groups is 2. The molecule has 0 radical (unpaired) electrons. The Labute approximate surface area is 788 Å². The summed E-state index contributed by atoms with van der Waals surface area (Å²) >= 11 is 0. The zero-order valence-electron chi connectivity index (χ0n) is 81.5. The van der Waals surface area contributed by atoms with Crippen LogP contribution in [0.2, 0.25) is 0 Å². The highest BCUT2D eigenvalue weighted by Gasteiger charge is 2.30. The minimum absolute atomic E-state index is 0.0937. The van der Waals surface area contributed by atoms with Crippen molar-refractivity contribution in [2.45, 2.75) is 437 Å². The van der Waals surface area contributed by atoms with E-state index in [1.54, 1.807) is 0 Å². The summed E-state index contributed by atoms with van der Waals surface area (Å²) in [4.78, 5) is 59.2. The molecule has 0 aromatic heterocycles. The number of hydrogen-bond acceptors (Lipinski definition) is 14. The van der Waals surface area contributed by atoms with Crippen molar-refractivity contribution in [3.05, 3.63) is 207 Å². The number of unbranched alkanes of at least 4 members (excludes halogenated alkanes) is 39. The number of aliphatic hydroxyl groups is 2. The number of ether oxygens (including phenoxy) is 3. The summed E-state index contributed by atoms with van der Waals surface area (Å²) in [6.45, 7) is 2.39. The van der Waals surface area contributed by atoms with Crippen molar-refractivity contribution >= 4 is 33.6 Å². The predicted molar refractivity (Wildman–Crippen MR) is 546 cm³/mol. The zero-order chi connectivity index (χ0) is 93.5. The molecule has 0 heterocycles. The van der Waals surface area contributed by atoms with E-state index in [1.807, 2.05) is 0 Å². The smallest absolute Gasteiger partial charge is 0.463 e. The van der Waals surface area contributed by atoms with Crippen LogP contribution in [0.4, 0.5) is 0 Å². The van der Waals surface area contributed by atoms with Crippen LogP contribution >= 0.6 is 15.6 Å². The normalized spacial score (nSPS) is 14.5. The molecule has 0 spiro atoms. The molecule has 0 saturated heterocycles. The van der Waals surface area contributed by atoms with Crippen LogP contribution < -0.4 is 0 Å². The summed E-state index contributed by atoms with van der Waals surface area (Å²) in [6, 6.07) is 0. The molecule has 0 aliphatic heterocycles. The molecule has 5 atom stereocenters. The number of phosphoric acid groups is 2. The minimum atomic E-state index is -4.95. The van der Waals surface area contributed by atoms with E-state index in [4.69, 9.17) is 32.3 Å². The SMILES string of the molecule is CC/C=C\C/C=C\C/C=C\C/C=C\C/C=C\C/C=C\CCCCCCCCCCCCCCCCC(=O)OCC(O)COP(=O)(O)OCC(O)COP(=O)(O)OCC(COC(=O)CCCCCCCCCCCCCCCCC/C=C\C/C=C\C/C=C\C/C=C\C/C=C\CC)OC(=O)CCCCCCCCCCCC/C=C\C/C=C\C/C=C\C/C=C\C/C=C\C/C=C\CC. The first-order chi connectivity index (χ1) is 63.2. The maximum absolute atomic E-state index is 13.1. The number of esters is 3. The highest BCUT2D eigenvalue weighted by Crippen LogP contribution is 2.45. The van der Waals surface area contributed by atoms with Crippen LogP contribution in [0.1, 0.15) is 419 Å². The van der Waals surface area contributed by atoms with Gasteiger partial charge >= 0.3 is 33.6 Å². The van der Waals surface area contributed by atoms with E-state index >= 15 is 0 Å². The fourth-order valence-electron chi connectivity index (χ4n) is 13.8. The fourth-order valence-corrected chi connectivity index (χ4v) is 15.4. The summed E-state index contributed by atoms with van der Waals surface area (Å²) in [5, 5.41) is 20.8. The van der Waals surface area contributed by atoms with Gasteiger partial charge < -0.3 is 34.2 Å². The highest BCUT2D eigenvalue weighted by atomic mass is 31.2. The first kappa shape index (κ1) is 123. The van der Waals surface area contributed by atoms with Crippen LogP contribution in [-0.2, 0) is 55.8 Å². The molecule has 5 unspecified atom stereocenters. The summed E-state index contributed by atoms with van der Waals surface area (Å²) < 4.78 is 61.7. The lowest BCUT2D eigenvalue weighted by atomic mass is 10.0. The lowest BCUT2D eigenvalue weighted by Crippen LogP contribution is -2.30. The van der Waals surface area contributed by atoms with E-state index in [0.717, 1.165) is 186 Å². The fraction of sp³-hybridized carbons (Fsp3) is 0.667. The van der Waals surface area contributed by atoms with Gasteiger partial charge in [-0.3, -0.25) is 32.5 Å². The van der Waals surface area contributed by atoms with Crippen LogP contribution in [-0.4, -0.2) is 95.9 Å². The molecule has 0 bridgehead atoms. The van der Waals surface area contributed by atoms with Gasteiger partial charge in [-0.2, -0.15) is 0 Å². The van der Waals surface area contributed by atoms with Crippen LogP contribution in [0, 0.1) is 0 Å². The van der Waals surface area contributed by atoms with Crippen molar-refractivity contribution in [1.82, 2.24) is 0 Å². The predicted octanol–water partition coefficient (Wildman–Crippen LogP) is 32.7. The molecule has 0 fully saturated rings. The van der Waals surface area contributed by atoms with E-state index < -0.39 is 91.5 Å². The van der Waals surface area contributed by atoms with Gasteiger partial charge in [-0.05, 0) is 167 Å². The first-order valence-corrected chi connectivity index (χ1v) is 54.4. The Hall–Kier alpha value is -5.87. The van der Waals surface area contributed by atoms with E-state index in [-0.39, 0.29) is 19.3 Å². The lowest BCUT2D eigenvalue weighted by molar-refractivity contribution is -0.161. The Morgan fingerprint density at radius 3 is 0.612 bits per heavy atom. The third kappa shape index (κ3) is 102. The van der Waals surface area contributed by atoms with Gasteiger partial charge in [0.2, 0.25) is 0 Å². The van der Waals surface area contributed by atoms with Gasteiger partial charge in [-0.25, -0.2) is 9.13 Å². The van der Waals surface area contributed by atoms with Gasteiger partial charge in [0.1, 0.15) is 25.4 Å². The molecule has 129 heavy (non-hydrogen) atoms. The summed E-state index contributed by atoms with van der Waals surface area (Å²) in [7, 11) is -9.83. The molecular formula is C111H186O16P2. The molecule has 0 aliphatic rings. The monoisotopic (exact) mass is 1840 g/mol. The van der Waals surface area contributed by atoms with Crippen molar-refractivity contribution in [3.63, 3.8) is 0 Å². The van der Waals surface area contributed by atoms with E-state index in [0.29, 0.717) is 19.3 Å². The highest BCUT2D eigenvalue weighted by molar-refractivity contribution is 7.47. The van der Waals surface area contributed by atoms with Gasteiger partial charge in [-0.1, -0.05) is 439 Å². The average molecular weight is 1840 g/mol. The molecule has 4 N–H and O–H groups in total. The van der Waals surface area contributed by atoms with Crippen LogP contribution in [0.5, 0.6) is 0 Å². The molecule has 18 heteroatoms. The van der Waals surface area contributed by atoms with Crippen LogP contribution in [0.3, 0.4) is 0 Å². The Morgan fingerprint density at radius 1 is 0.217 bits per heavy atom. The average Bonchev–Trinajstić information content (AvgIpc) is 0.898. The molecule has 16 nitrogen and oxygen atoms in total. The molecule has 0 amide bonds. The number of aliphatic hydroxyl groups excluding tert-OH is 2. The first-order valence-electron chi connectivity index (χ1n) is 51.4. The van der Waals surface area contributed by atoms with Crippen molar-refractivity contribution in [2.24, 2.45) is 0 Å². The van der Waals surface area contributed by atoms with E-state index in [2.05, 4.69) is 227 Å². The van der Waals surface area contributed by atoms with Crippen LogP contribution in [0.25, 0.3) is 0 Å². The standard InChI is InChI=1S/C111H186O16P2/c1-4-7-10-13-16-19-22-25-28-31-34-37-40-43-46-49-51-52-54-57-58-61-64-67-70-73-76-79-82-85-88-91-94-97-109(114)121-100-106(112)101-123-128(117,118)124-102-107(113)103-125-129(119,120)126-105-108(127-111(116)99-96-93-90-87-84-81-78-75-72-69-66-63-60-55-48-45-42-39-36-33-30-27-24-21-18-15-12-9-6-3)104-122-110(115)98-95-92-89-86-83-80-77-74-71-68-65-62-59-56-53-50-47-44-41-38-35-32-29-26-23-20-17-14-11-8-5-2/h7-12,16-21,25-30,34-39,43-48,51-52,60,63,106-108,112-113H,4-6,13-15,22-24,31-33,40-42,49-50,53-59,61-62,64-105H2,1-3H3,(H,117,118)(H,119,120)/b10-7-,11-8-,12-9-,19-16-,20-17-,21-18-,28-25-,29-26-,30-27-,37-34-,38-35-,39-36-,46-43-,47-44-,48-45-,52-51-,63-60-. The number of rotatable bonds is 96. The van der Waals surface area contributed by atoms with Crippen LogP contribution in [0.15, 0.2) is 207 Å². The Balaban J connectivity index is 4.64. The van der Waals surface area contributed by atoms with Crippen molar-refractivity contribution in [1.29, 1.82) is 0 Å². The summed E-state index contributed by atoms with van der Waals surface area (Å²) in [5.41, 5.74) is 0. The topological polar surface area (TPSA) is 231 Å². The molecule has 0 rings (SSSR count). The molecule has 0 aromatic rings. The Kier molecular flexibility index (Phi) is 96.5. The van der Waals surface area contributed by atoms with E-state index in [1.165, 1.54) is 173 Å². The summed E-state index contributed by atoms with van der Waals surface area (Å²) in [5.74, 6) is -1.57. The Bertz CT molecular complexity index is 3180. The van der Waals surface area contributed by atoms with Crippen molar-refractivity contribution in [3.8, 4) is 0 Å². The quantitative estimate of drug-likeness (QED) is 0.0146. The number of hydrogen-bond donors (Lipinski definition) is 4. The maximum atomic E-state index is 13.1. The van der Waals surface area contributed by atoms with Gasteiger partial charge in [0.15, 0.2) is 6.10 Å².